The molecule has 0 amide bonds. The van der Waals surface area contributed by atoms with Crippen molar-refractivity contribution in [2.45, 2.75) is 13.8 Å². The molecule has 0 aliphatic heterocycles. The van der Waals surface area contributed by atoms with Crippen LogP contribution in [0.1, 0.15) is 28.6 Å². The summed E-state index contributed by atoms with van der Waals surface area (Å²) in [7, 11) is 0. The topological polar surface area (TPSA) is 85.2 Å². The van der Waals surface area contributed by atoms with E-state index in [-0.39, 0.29) is 11.7 Å². The van der Waals surface area contributed by atoms with Gasteiger partial charge in [0, 0.05) is 30.3 Å². The summed E-state index contributed by atoms with van der Waals surface area (Å²) in [6.45, 7) is 2.98. The predicted molar refractivity (Wildman–Crippen MR) is 82.2 cm³/mol. The molecular weight excluding hydrogens is 296 g/mol. The Morgan fingerprint density at radius 1 is 1.22 bits per heavy atom. The van der Waals surface area contributed by atoms with Gasteiger partial charge in [-0.3, -0.25) is 9.59 Å². The first-order valence-electron chi connectivity index (χ1n) is 6.99. The molecule has 1 aromatic carbocycles. The number of esters is 1. The predicted octanol–water partition coefficient (Wildman–Crippen LogP) is 3.13. The van der Waals surface area contributed by atoms with Crippen LogP contribution in [0.15, 0.2) is 47.1 Å². The summed E-state index contributed by atoms with van der Waals surface area (Å²) in [5.74, 6) is -0.0606. The summed E-state index contributed by atoms with van der Waals surface area (Å²) < 4.78 is 10.1. The van der Waals surface area contributed by atoms with Crippen molar-refractivity contribution in [3.63, 3.8) is 0 Å². The second-order valence-corrected chi connectivity index (χ2v) is 5.00. The van der Waals surface area contributed by atoms with E-state index in [1.807, 2.05) is 30.3 Å². The van der Waals surface area contributed by atoms with Crippen molar-refractivity contribution >= 4 is 11.8 Å². The summed E-state index contributed by atoms with van der Waals surface area (Å²) in [4.78, 5) is 26.5. The molecule has 0 radical (unpaired) electrons. The van der Waals surface area contributed by atoms with Crippen molar-refractivity contribution in [2.75, 3.05) is 0 Å². The van der Waals surface area contributed by atoms with Crippen LogP contribution in [0, 0.1) is 6.92 Å². The average molecular weight is 310 g/mol. The molecule has 6 nitrogen and oxygen atoms in total. The van der Waals surface area contributed by atoms with Crippen LogP contribution in [0.2, 0.25) is 0 Å². The highest BCUT2D eigenvalue weighted by atomic mass is 16.5. The number of aryl methyl sites for hydroxylation is 1. The Morgan fingerprint density at radius 3 is 2.65 bits per heavy atom. The van der Waals surface area contributed by atoms with Crippen molar-refractivity contribution < 1.29 is 18.8 Å². The Balaban J connectivity index is 1.99. The number of ether oxygens (including phenoxy) is 1. The molecule has 0 aliphatic rings. The molecule has 0 fully saturated rings. The van der Waals surface area contributed by atoms with Gasteiger partial charge in [0.25, 0.3) is 0 Å². The van der Waals surface area contributed by atoms with E-state index in [4.69, 9.17) is 9.26 Å². The minimum atomic E-state index is -0.461. The monoisotopic (exact) mass is 310 g/mol. The number of nitrogens with one attached hydrogen (secondary N) is 1. The molecule has 0 spiro atoms. The molecule has 0 saturated heterocycles. The molecule has 6 heteroatoms. The van der Waals surface area contributed by atoms with Gasteiger partial charge in [-0.15, -0.1) is 0 Å². The van der Waals surface area contributed by atoms with Crippen LogP contribution < -0.4 is 4.74 Å². The number of rotatable bonds is 4. The first-order chi connectivity index (χ1) is 11.1. The van der Waals surface area contributed by atoms with Crippen molar-refractivity contribution in [3.8, 4) is 17.1 Å². The van der Waals surface area contributed by atoms with E-state index in [2.05, 4.69) is 10.1 Å². The van der Waals surface area contributed by atoms with Crippen LogP contribution in [0.5, 0.6) is 5.88 Å². The van der Waals surface area contributed by atoms with E-state index in [0.29, 0.717) is 22.6 Å². The van der Waals surface area contributed by atoms with E-state index in [1.54, 1.807) is 6.92 Å². The van der Waals surface area contributed by atoms with E-state index in [1.165, 1.54) is 19.2 Å². The molecule has 0 saturated carbocycles. The zero-order valence-corrected chi connectivity index (χ0v) is 12.6. The molecule has 3 rings (SSSR count). The number of nitrogens with zero attached hydrogens (tertiary/aromatic N) is 1. The Kier molecular flexibility index (Phi) is 3.80. The van der Waals surface area contributed by atoms with E-state index >= 15 is 0 Å². The highest BCUT2D eigenvalue weighted by molar-refractivity contribution is 6.13. The van der Waals surface area contributed by atoms with Crippen LogP contribution in [-0.2, 0) is 4.79 Å². The summed E-state index contributed by atoms with van der Waals surface area (Å²) >= 11 is 0. The van der Waals surface area contributed by atoms with Gasteiger partial charge in [-0.05, 0) is 6.92 Å². The van der Waals surface area contributed by atoms with Crippen molar-refractivity contribution in [3.05, 3.63) is 59.5 Å². The first-order valence-corrected chi connectivity index (χ1v) is 6.99. The van der Waals surface area contributed by atoms with Gasteiger partial charge in [-0.2, -0.15) is 0 Å². The lowest BCUT2D eigenvalue weighted by Crippen LogP contribution is -2.03. The quantitative estimate of drug-likeness (QED) is 0.591. The van der Waals surface area contributed by atoms with Gasteiger partial charge in [-0.1, -0.05) is 35.5 Å². The minimum absolute atomic E-state index is 0.219. The van der Waals surface area contributed by atoms with Crippen molar-refractivity contribution in [1.29, 1.82) is 0 Å². The maximum atomic E-state index is 12.8. The molecule has 0 bridgehead atoms. The Morgan fingerprint density at radius 2 is 1.96 bits per heavy atom. The highest BCUT2D eigenvalue weighted by Crippen LogP contribution is 2.28. The van der Waals surface area contributed by atoms with Gasteiger partial charge in [-0.25, -0.2) is 0 Å². The van der Waals surface area contributed by atoms with E-state index in [9.17, 15) is 9.59 Å². The van der Waals surface area contributed by atoms with Crippen LogP contribution >= 0.6 is 0 Å². The summed E-state index contributed by atoms with van der Waals surface area (Å²) in [6, 6.07) is 10.8. The van der Waals surface area contributed by atoms with Gasteiger partial charge in [0.15, 0.2) is 0 Å². The third-order valence-corrected chi connectivity index (χ3v) is 3.31. The average Bonchev–Trinajstić information content (AvgIpc) is 3.14. The number of aromatic amines is 1. The second kappa shape index (κ2) is 5.92. The number of ketones is 1. The highest BCUT2D eigenvalue weighted by Gasteiger charge is 2.23. The Hall–Kier alpha value is -3.15. The summed E-state index contributed by atoms with van der Waals surface area (Å²) in [5.41, 5.74) is 2.04. The largest absolute Gasteiger partial charge is 0.410 e. The van der Waals surface area contributed by atoms with E-state index < -0.39 is 5.97 Å². The molecule has 3 aromatic rings. The smallest absolute Gasteiger partial charge is 0.309 e. The fraction of sp³-hybridized carbons (Fsp3) is 0.118. The Labute approximate surface area is 132 Å². The number of H-pyrrole nitrogens is 1. The van der Waals surface area contributed by atoms with Gasteiger partial charge < -0.3 is 14.2 Å². The number of hydrogen-bond acceptors (Lipinski definition) is 5. The number of carbonyl (C=O) groups is 2. The zero-order valence-electron chi connectivity index (χ0n) is 12.6. The SMILES string of the molecule is CC(=O)Oc1cc(C(=O)c2c(-c3ccccc3)noc2C)c[nH]1. The summed E-state index contributed by atoms with van der Waals surface area (Å²) in [5, 5.41) is 4.00. The van der Waals surface area contributed by atoms with Crippen molar-refractivity contribution in [2.24, 2.45) is 0 Å². The Bertz CT molecular complexity index is 862. The van der Waals surface area contributed by atoms with Crippen molar-refractivity contribution in [1.82, 2.24) is 10.1 Å². The molecule has 0 aliphatic carbocycles. The summed E-state index contributed by atoms with van der Waals surface area (Å²) in [6.07, 6.45) is 1.49. The number of benzene rings is 1. The molecule has 2 heterocycles. The molecule has 2 aromatic heterocycles. The fourth-order valence-corrected chi connectivity index (χ4v) is 2.30. The second-order valence-electron chi connectivity index (χ2n) is 5.00. The molecule has 116 valence electrons. The standard InChI is InChI=1S/C17H14N2O4/c1-10-15(16(19-23-10)12-6-4-3-5-7-12)17(21)13-8-14(18-9-13)22-11(2)20/h3-9,18H,1-2H3. The third-order valence-electron chi connectivity index (χ3n) is 3.31. The van der Waals surface area contributed by atoms with E-state index in [0.717, 1.165) is 5.56 Å². The lowest BCUT2D eigenvalue weighted by Gasteiger charge is -2.00. The maximum absolute atomic E-state index is 12.8. The van der Waals surface area contributed by atoms with Gasteiger partial charge in [0.1, 0.15) is 11.5 Å². The zero-order chi connectivity index (χ0) is 16.4. The van der Waals surface area contributed by atoms with Crippen LogP contribution in [0.4, 0.5) is 0 Å². The number of aromatic nitrogens is 2. The molecule has 23 heavy (non-hydrogen) atoms. The van der Waals surface area contributed by atoms with Gasteiger partial charge in [0.2, 0.25) is 11.7 Å². The van der Waals surface area contributed by atoms with Crippen LogP contribution in [0.3, 0.4) is 0 Å². The molecular formula is C17H14N2O4. The minimum Gasteiger partial charge on any atom is -0.410 e. The molecule has 0 atom stereocenters. The van der Waals surface area contributed by atoms with Gasteiger partial charge >= 0.3 is 5.97 Å². The lowest BCUT2D eigenvalue weighted by atomic mass is 10.00. The first kappa shape index (κ1) is 14.8. The normalized spacial score (nSPS) is 10.5. The fourth-order valence-electron chi connectivity index (χ4n) is 2.30. The molecule has 0 unspecified atom stereocenters. The lowest BCUT2D eigenvalue weighted by molar-refractivity contribution is -0.132. The number of hydrogen-bond donors (Lipinski definition) is 1. The third kappa shape index (κ3) is 2.91. The maximum Gasteiger partial charge on any atom is 0.309 e. The van der Waals surface area contributed by atoms with Gasteiger partial charge in [0.05, 0.1) is 5.56 Å². The number of carbonyl (C=O) groups excluding carboxylic acids is 2. The molecule has 1 N–H and O–H groups in total. The van der Waals surface area contributed by atoms with Crippen LogP contribution in [-0.4, -0.2) is 21.9 Å². The van der Waals surface area contributed by atoms with Crippen LogP contribution in [0.25, 0.3) is 11.3 Å².